The molecule has 0 saturated carbocycles. The van der Waals surface area contributed by atoms with E-state index in [-0.39, 0.29) is 25.3 Å². The highest BCUT2D eigenvalue weighted by molar-refractivity contribution is 5.81. The van der Waals surface area contributed by atoms with Gasteiger partial charge in [-0.25, -0.2) is 4.79 Å². The molecule has 0 aromatic heterocycles. The fourth-order valence-electron chi connectivity index (χ4n) is 2.74. The molecule has 3 atom stereocenters. The molecular formula is C15H19N3O7. The molecule has 1 saturated heterocycles. The monoisotopic (exact) mass is 353 g/mol. The number of ether oxygens (including phenoxy) is 2. The molecule has 0 spiro atoms. The van der Waals surface area contributed by atoms with Gasteiger partial charge in [0.1, 0.15) is 6.61 Å². The van der Waals surface area contributed by atoms with Gasteiger partial charge in [-0.1, -0.05) is 0 Å². The predicted molar refractivity (Wildman–Crippen MR) is 84.4 cm³/mol. The minimum Gasteiger partial charge on any atom is -0.445 e. The molecule has 3 N–H and O–H groups in total. The van der Waals surface area contributed by atoms with Crippen molar-refractivity contribution in [2.75, 3.05) is 13.7 Å². The Morgan fingerprint density at radius 1 is 1.44 bits per heavy atom. The van der Waals surface area contributed by atoms with E-state index in [0.717, 1.165) is 0 Å². The lowest BCUT2D eigenvalue weighted by Gasteiger charge is -2.27. The van der Waals surface area contributed by atoms with Crippen molar-refractivity contribution in [3.8, 4) is 0 Å². The highest BCUT2D eigenvalue weighted by atomic mass is 16.6. The maximum atomic E-state index is 12.3. The molecule has 136 valence electrons. The standard InChI is InChI=1S/C15H19N3O7/c1-24-13(14(16)20)12-6-11(19)7-17(12)15(21)25-8-9-2-4-10(5-3-9)18(22)23/h2-5,11-13,19H,6-8H2,1H3,(H2,16,20)/t11-,12+,13?/m1/s1. The van der Waals surface area contributed by atoms with E-state index in [1.165, 1.54) is 36.3 Å². The third-order valence-corrected chi connectivity index (χ3v) is 3.95. The molecule has 25 heavy (non-hydrogen) atoms. The first-order chi connectivity index (χ1) is 11.8. The van der Waals surface area contributed by atoms with E-state index >= 15 is 0 Å². The molecule has 1 fully saturated rings. The van der Waals surface area contributed by atoms with Crippen LogP contribution >= 0.6 is 0 Å². The molecule has 2 rings (SSSR count). The van der Waals surface area contributed by atoms with Crippen LogP contribution in [0.25, 0.3) is 0 Å². The van der Waals surface area contributed by atoms with Gasteiger partial charge in [-0.15, -0.1) is 0 Å². The SMILES string of the molecule is COC(C(N)=O)[C@@H]1C[C@@H](O)CN1C(=O)OCc1ccc([N+](=O)[O-])cc1. The Bertz CT molecular complexity index is 649. The van der Waals surface area contributed by atoms with Crippen LogP contribution in [0.5, 0.6) is 0 Å². The number of hydrogen-bond acceptors (Lipinski definition) is 7. The van der Waals surface area contributed by atoms with E-state index in [9.17, 15) is 24.8 Å². The maximum absolute atomic E-state index is 12.3. The molecule has 1 unspecified atom stereocenters. The van der Waals surface area contributed by atoms with Crippen LogP contribution in [0.4, 0.5) is 10.5 Å². The first-order valence-corrected chi connectivity index (χ1v) is 7.50. The number of rotatable bonds is 6. The molecule has 10 nitrogen and oxygen atoms in total. The molecule has 1 aliphatic rings. The molecule has 0 bridgehead atoms. The summed E-state index contributed by atoms with van der Waals surface area (Å²) in [4.78, 5) is 35.0. The van der Waals surface area contributed by atoms with Crippen LogP contribution in [0.2, 0.25) is 0 Å². The molecular weight excluding hydrogens is 334 g/mol. The van der Waals surface area contributed by atoms with Crippen molar-refractivity contribution >= 4 is 17.7 Å². The molecule has 0 radical (unpaired) electrons. The summed E-state index contributed by atoms with van der Waals surface area (Å²) in [7, 11) is 1.29. The summed E-state index contributed by atoms with van der Waals surface area (Å²) in [5.41, 5.74) is 5.76. The summed E-state index contributed by atoms with van der Waals surface area (Å²) < 4.78 is 10.2. The third-order valence-electron chi connectivity index (χ3n) is 3.95. The van der Waals surface area contributed by atoms with Crippen molar-refractivity contribution in [1.29, 1.82) is 0 Å². The van der Waals surface area contributed by atoms with Crippen LogP contribution in [-0.2, 0) is 20.9 Å². The average molecular weight is 353 g/mol. The van der Waals surface area contributed by atoms with E-state index in [0.29, 0.717) is 5.56 Å². The van der Waals surface area contributed by atoms with Crippen molar-refractivity contribution in [3.63, 3.8) is 0 Å². The fraction of sp³-hybridized carbons (Fsp3) is 0.467. The van der Waals surface area contributed by atoms with E-state index < -0.39 is 35.2 Å². The van der Waals surface area contributed by atoms with Crippen molar-refractivity contribution in [2.45, 2.75) is 31.3 Å². The van der Waals surface area contributed by atoms with Crippen molar-refractivity contribution in [2.24, 2.45) is 5.73 Å². The Kier molecular flexibility index (Phi) is 5.88. The summed E-state index contributed by atoms with van der Waals surface area (Å²) in [6.45, 7) is -0.110. The number of β-amino-alcohol motifs (C(OH)–C–C–N with tert-alkyl or cyclic N) is 1. The van der Waals surface area contributed by atoms with Gasteiger partial charge in [0.15, 0.2) is 6.10 Å². The van der Waals surface area contributed by atoms with Crippen LogP contribution in [-0.4, -0.2) is 58.8 Å². The zero-order valence-electron chi connectivity index (χ0n) is 13.5. The molecule has 0 aliphatic carbocycles. The number of aliphatic hydroxyl groups excluding tert-OH is 1. The van der Waals surface area contributed by atoms with Crippen molar-refractivity contribution < 1.29 is 29.1 Å². The highest BCUT2D eigenvalue weighted by Crippen LogP contribution is 2.23. The Labute approximate surface area is 143 Å². The summed E-state index contributed by atoms with van der Waals surface area (Å²) in [6.07, 6.45) is -2.45. The minimum atomic E-state index is -1.05. The number of primary amides is 1. The van der Waals surface area contributed by atoms with Crippen LogP contribution in [0.1, 0.15) is 12.0 Å². The van der Waals surface area contributed by atoms with Crippen molar-refractivity contribution in [3.05, 3.63) is 39.9 Å². The Balaban J connectivity index is 2.00. The number of hydrogen-bond donors (Lipinski definition) is 2. The highest BCUT2D eigenvalue weighted by Gasteiger charge is 2.42. The van der Waals surface area contributed by atoms with Gasteiger partial charge in [0.2, 0.25) is 5.91 Å². The van der Waals surface area contributed by atoms with E-state index in [2.05, 4.69) is 0 Å². The number of nitrogens with two attached hydrogens (primary N) is 1. The van der Waals surface area contributed by atoms with Crippen molar-refractivity contribution in [1.82, 2.24) is 4.90 Å². The quantitative estimate of drug-likeness (QED) is 0.547. The van der Waals surface area contributed by atoms with E-state index in [1.54, 1.807) is 0 Å². The molecule has 10 heteroatoms. The number of nitro groups is 1. The van der Waals surface area contributed by atoms with Crippen LogP contribution in [0, 0.1) is 10.1 Å². The summed E-state index contributed by atoms with van der Waals surface area (Å²) in [5.74, 6) is -0.741. The summed E-state index contributed by atoms with van der Waals surface area (Å²) >= 11 is 0. The van der Waals surface area contributed by atoms with Gasteiger partial charge in [0.25, 0.3) is 5.69 Å². The van der Waals surface area contributed by atoms with Gasteiger partial charge in [-0.05, 0) is 24.1 Å². The molecule has 1 aliphatic heterocycles. The number of nitrogens with zero attached hydrogens (tertiary/aromatic N) is 2. The van der Waals surface area contributed by atoms with Crippen LogP contribution < -0.4 is 5.73 Å². The van der Waals surface area contributed by atoms with Gasteiger partial charge in [0.05, 0.1) is 23.6 Å². The zero-order valence-corrected chi connectivity index (χ0v) is 13.5. The molecule has 2 amide bonds. The Morgan fingerprint density at radius 3 is 2.60 bits per heavy atom. The van der Waals surface area contributed by atoms with Gasteiger partial charge >= 0.3 is 6.09 Å². The van der Waals surface area contributed by atoms with Gasteiger partial charge in [-0.2, -0.15) is 0 Å². The number of carbonyl (C=O) groups excluding carboxylic acids is 2. The number of aliphatic hydroxyl groups is 1. The average Bonchev–Trinajstić information content (AvgIpc) is 2.95. The number of nitro benzene ring substituents is 1. The summed E-state index contributed by atoms with van der Waals surface area (Å²) in [5, 5.41) is 20.4. The predicted octanol–water partition coefficient (Wildman–Crippen LogP) is 0.167. The number of carbonyl (C=O) groups is 2. The lowest BCUT2D eigenvalue weighted by Crippen LogP contribution is -2.49. The van der Waals surface area contributed by atoms with E-state index in [1.807, 2.05) is 0 Å². The van der Waals surface area contributed by atoms with Crippen LogP contribution in [0.3, 0.4) is 0 Å². The molecule has 1 aromatic carbocycles. The van der Waals surface area contributed by atoms with E-state index in [4.69, 9.17) is 15.2 Å². The number of benzene rings is 1. The first kappa shape index (κ1) is 18.6. The maximum Gasteiger partial charge on any atom is 0.410 e. The lowest BCUT2D eigenvalue weighted by atomic mass is 10.1. The number of methoxy groups -OCH3 is 1. The first-order valence-electron chi connectivity index (χ1n) is 7.50. The second-order valence-corrected chi connectivity index (χ2v) is 5.65. The second kappa shape index (κ2) is 7.90. The number of likely N-dealkylation sites (tertiary alicyclic amines) is 1. The topological polar surface area (TPSA) is 145 Å². The van der Waals surface area contributed by atoms with Gasteiger partial charge < -0.3 is 20.3 Å². The molecule has 1 heterocycles. The van der Waals surface area contributed by atoms with Gasteiger partial charge in [0, 0.05) is 19.2 Å². The van der Waals surface area contributed by atoms with Crippen LogP contribution in [0.15, 0.2) is 24.3 Å². The molecule has 1 aromatic rings. The smallest absolute Gasteiger partial charge is 0.410 e. The normalized spacial score (nSPS) is 21.0. The lowest BCUT2D eigenvalue weighted by molar-refractivity contribution is -0.384. The Hall–Kier alpha value is -2.72. The Morgan fingerprint density at radius 2 is 2.08 bits per heavy atom. The minimum absolute atomic E-state index is 0.00307. The fourth-order valence-corrected chi connectivity index (χ4v) is 2.74. The second-order valence-electron chi connectivity index (χ2n) is 5.65. The number of non-ortho nitro benzene ring substituents is 1. The number of amides is 2. The zero-order chi connectivity index (χ0) is 18.6. The summed E-state index contributed by atoms with van der Waals surface area (Å²) in [6, 6.07) is 4.84. The third kappa shape index (κ3) is 4.43. The van der Waals surface area contributed by atoms with Gasteiger partial charge in [-0.3, -0.25) is 19.8 Å². The largest absolute Gasteiger partial charge is 0.445 e.